The second-order valence-corrected chi connectivity index (χ2v) is 5.62. The molecule has 0 bridgehead atoms. The predicted octanol–water partition coefficient (Wildman–Crippen LogP) is 3.64. The molecular weight excluding hydrogens is 334 g/mol. The number of aromatic carboxylic acids is 1. The SMILES string of the molecule is Cc1cc(Br)cc(NC(=O)Cc2ccccc2C(=O)O)c1. The van der Waals surface area contributed by atoms with Crippen LogP contribution in [0.1, 0.15) is 21.5 Å². The van der Waals surface area contributed by atoms with Crippen LogP contribution in [0.4, 0.5) is 5.69 Å². The summed E-state index contributed by atoms with van der Waals surface area (Å²) in [6.45, 7) is 1.93. The lowest BCUT2D eigenvalue weighted by atomic mass is 10.0. The van der Waals surface area contributed by atoms with Crippen molar-refractivity contribution in [2.45, 2.75) is 13.3 Å². The van der Waals surface area contributed by atoms with Crippen LogP contribution < -0.4 is 5.32 Å². The molecule has 2 aromatic carbocycles. The molecule has 0 saturated carbocycles. The Morgan fingerprint density at radius 2 is 1.90 bits per heavy atom. The summed E-state index contributed by atoms with van der Waals surface area (Å²) in [6.07, 6.45) is 0.0219. The van der Waals surface area contributed by atoms with Gasteiger partial charge in [-0.2, -0.15) is 0 Å². The minimum atomic E-state index is -1.03. The molecule has 2 rings (SSSR count). The molecule has 0 spiro atoms. The maximum absolute atomic E-state index is 12.1. The highest BCUT2D eigenvalue weighted by molar-refractivity contribution is 9.10. The zero-order chi connectivity index (χ0) is 15.4. The lowest BCUT2D eigenvalue weighted by Gasteiger charge is -2.08. The third kappa shape index (κ3) is 4.16. The van der Waals surface area contributed by atoms with Gasteiger partial charge in [-0.05, 0) is 42.3 Å². The first-order valence-corrected chi connectivity index (χ1v) is 7.13. The third-order valence-corrected chi connectivity index (χ3v) is 3.38. The summed E-state index contributed by atoms with van der Waals surface area (Å²) in [7, 11) is 0. The molecule has 0 aliphatic heterocycles. The van der Waals surface area contributed by atoms with Crippen LogP contribution in [0.15, 0.2) is 46.9 Å². The molecule has 4 nitrogen and oxygen atoms in total. The van der Waals surface area contributed by atoms with Crippen LogP contribution >= 0.6 is 15.9 Å². The third-order valence-electron chi connectivity index (χ3n) is 2.92. The van der Waals surface area contributed by atoms with Gasteiger partial charge in [-0.1, -0.05) is 34.1 Å². The fourth-order valence-electron chi connectivity index (χ4n) is 2.07. The van der Waals surface area contributed by atoms with Gasteiger partial charge < -0.3 is 10.4 Å². The molecule has 0 aliphatic rings. The predicted molar refractivity (Wildman–Crippen MR) is 84.6 cm³/mol. The normalized spacial score (nSPS) is 10.2. The number of carbonyl (C=O) groups excluding carboxylic acids is 1. The molecule has 0 atom stereocenters. The fourth-order valence-corrected chi connectivity index (χ4v) is 2.68. The standard InChI is InChI=1S/C16H14BrNO3/c1-10-6-12(17)9-13(7-10)18-15(19)8-11-4-2-3-5-14(11)16(20)21/h2-7,9H,8H2,1H3,(H,18,19)(H,20,21). The van der Waals surface area contributed by atoms with E-state index in [0.29, 0.717) is 11.3 Å². The first kappa shape index (κ1) is 15.3. The first-order chi connectivity index (χ1) is 9.95. The van der Waals surface area contributed by atoms with Gasteiger partial charge in [-0.15, -0.1) is 0 Å². The molecule has 1 amide bonds. The Hall–Kier alpha value is -2.14. The molecule has 0 aromatic heterocycles. The van der Waals surface area contributed by atoms with Gasteiger partial charge in [0.25, 0.3) is 0 Å². The number of hydrogen-bond donors (Lipinski definition) is 2. The van der Waals surface area contributed by atoms with E-state index in [2.05, 4.69) is 21.2 Å². The van der Waals surface area contributed by atoms with Crippen molar-refractivity contribution in [3.05, 3.63) is 63.6 Å². The number of nitrogens with one attached hydrogen (secondary N) is 1. The number of carboxylic acid groups (broad SMARTS) is 1. The quantitative estimate of drug-likeness (QED) is 0.887. The van der Waals surface area contributed by atoms with Gasteiger partial charge in [0.15, 0.2) is 0 Å². The van der Waals surface area contributed by atoms with E-state index in [0.717, 1.165) is 10.0 Å². The molecule has 0 saturated heterocycles. The average molecular weight is 348 g/mol. The summed E-state index contributed by atoms with van der Waals surface area (Å²) in [4.78, 5) is 23.2. The van der Waals surface area contributed by atoms with Crippen LogP contribution in [0, 0.1) is 6.92 Å². The van der Waals surface area contributed by atoms with Crippen molar-refractivity contribution in [2.75, 3.05) is 5.32 Å². The molecule has 21 heavy (non-hydrogen) atoms. The Labute approximate surface area is 130 Å². The van der Waals surface area contributed by atoms with E-state index in [4.69, 9.17) is 5.11 Å². The highest BCUT2D eigenvalue weighted by Gasteiger charge is 2.12. The highest BCUT2D eigenvalue weighted by Crippen LogP contribution is 2.19. The largest absolute Gasteiger partial charge is 0.478 e. The summed E-state index contributed by atoms with van der Waals surface area (Å²) in [5.41, 5.74) is 2.34. The van der Waals surface area contributed by atoms with Crippen LogP contribution in [0.2, 0.25) is 0 Å². The molecule has 0 radical (unpaired) electrons. The van der Waals surface area contributed by atoms with E-state index >= 15 is 0 Å². The van der Waals surface area contributed by atoms with Gasteiger partial charge in [0, 0.05) is 10.2 Å². The van der Waals surface area contributed by atoms with Gasteiger partial charge in [0.1, 0.15) is 0 Å². The lowest BCUT2D eigenvalue weighted by Crippen LogP contribution is -2.16. The minimum Gasteiger partial charge on any atom is -0.478 e. The Bertz CT molecular complexity index is 677. The summed E-state index contributed by atoms with van der Waals surface area (Å²) in [6, 6.07) is 12.1. The number of carbonyl (C=O) groups is 2. The Morgan fingerprint density at radius 3 is 2.57 bits per heavy atom. The monoisotopic (exact) mass is 347 g/mol. The van der Waals surface area contributed by atoms with E-state index in [1.807, 2.05) is 19.1 Å². The van der Waals surface area contributed by atoms with Crippen molar-refractivity contribution in [3.8, 4) is 0 Å². The molecule has 2 N–H and O–H groups in total. The number of benzene rings is 2. The van der Waals surface area contributed by atoms with Crippen LogP contribution in [0.5, 0.6) is 0 Å². The van der Waals surface area contributed by atoms with E-state index in [1.165, 1.54) is 6.07 Å². The molecule has 0 heterocycles. The van der Waals surface area contributed by atoms with Crippen LogP contribution in [0.3, 0.4) is 0 Å². The number of aryl methyl sites for hydroxylation is 1. The molecule has 2 aromatic rings. The van der Waals surface area contributed by atoms with Crippen LogP contribution in [-0.2, 0) is 11.2 Å². The van der Waals surface area contributed by atoms with Gasteiger partial charge in [-0.3, -0.25) is 4.79 Å². The summed E-state index contributed by atoms with van der Waals surface area (Å²) < 4.78 is 0.878. The maximum Gasteiger partial charge on any atom is 0.335 e. The van der Waals surface area contributed by atoms with Crippen molar-refractivity contribution in [1.82, 2.24) is 0 Å². The summed E-state index contributed by atoms with van der Waals surface area (Å²) in [5.74, 6) is -1.28. The average Bonchev–Trinajstić information content (AvgIpc) is 2.37. The van der Waals surface area contributed by atoms with E-state index in [9.17, 15) is 9.59 Å². The first-order valence-electron chi connectivity index (χ1n) is 6.34. The van der Waals surface area contributed by atoms with Crippen molar-refractivity contribution in [3.63, 3.8) is 0 Å². The van der Waals surface area contributed by atoms with Gasteiger partial charge in [-0.25, -0.2) is 4.79 Å². The van der Waals surface area contributed by atoms with Crippen LogP contribution in [0.25, 0.3) is 0 Å². The topological polar surface area (TPSA) is 66.4 Å². The minimum absolute atomic E-state index is 0.0219. The molecule has 0 unspecified atom stereocenters. The molecular formula is C16H14BrNO3. The van der Waals surface area contributed by atoms with Crippen molar-refractivity contribution in [1.29, 1.82) is 0 Å². The second kappa shape index (κ2) is 6.54. The number of carboxylic acids is 1. The van der Waals surface area contributed by atoms with E-state index in [1.54, 1.807) is 24.3 Å². The highest BCUT2D eigenvalue weighted by atomic mass is 79.9. The molecule has 0 fully saturated rings. The number of rotatable bonds is 4. The number of halogens is 1. The Balaban J connectivity index is 2.14. The van der Waals surface area contributed by atoms with Crippen molar-refractivity contribution >= 4 is 33.5 Å². The summed E-state index contributed by atoms with van der Waals surface area (Å²) in [5, 5.41) is 11.9. The number of hydrogen-bond acceptors (Lipinski definition) is 2. The fraction of sp³-hybridized carbons (Fsp3) is 0.125. The zero-order valence-corrected chi connectivity index (χ0v) is 13.0. The van der Waals surface area contributed by atoms with Gasteiger partial charge >= 0.3 is 5.97 Å². The van der Waals surface area contributed by atoms with E-state index < -0.39 is 5.97 Å². The van der Waals surface area contributed by atoms with Gasteiger partial charge in [0.05, 0.1) is 12.0 Å². The summed E-state index contributed by atoms with van der Waals surface area (Å²) >= 11 is 3.37. The number of amides is 1. The number of anilines is 1. The zero-order valence-electron chi connectivity index (χ0n) is 11.4. The lowest BCUT2D eigenvalue weighted by molar-refractivity contribution is -0.115. The maximum atomic E-state index is 12.1. The molecule has 5 heteroatoms. The smallest absolute Gasteiger partial charge is 0.335 e. The molecule has 108 valence electrons. The van der Waals surface area contributed by atoms with Crippen LogP contribution in [-0.4, -0.2) is 17.0 Å². The molecule has 0 aliphatic carbocycles. The Morgan fingerprint density at radius 1 is 1.19 bits per heavy atom. The van der Waals surface area contributed by atoms with Crippen molar-refractivity contribution < 1.29 is 14.7 Å². The van der Waals surface area contributed by atoms with Gasteiger partial charge in [0.2, 0.25) is 5.91 Å². The van der Waals surface area contributed by atoms with Crippen molar-refractivity contribution in [2.24, 2.45) is 0 Å². The Kier molecular flexibility index (Phi) is 4.75. The van der Waals surface area contributed by atoms with E-state index in [-0.39, 0.29) is 17.9 Å². The second-order valence-electron chi connectivity index (χ2n) is 4.70.